The van der Waals surface area contributed by atoms with Crippen LogP contribution in [-0.2, 0) is 0 Å². The van der Waals surface area contributed by atoms with Crippen LogP contribution < -0.4 is 4.72 Å². The number of nitrogens with one attached hydrogen (secondary N) is 1. The molecule has 0 spiro atoms. The summed E-state index contributed by atoms with van der Waals surface area (Å²) < 4.78 is 3.29. The molecule has 2 rings (SSSR count). The van der Waals surface area contributed by atoms with E-state index in [1.807, 2.05) is 0 Å². The second kappa shape index (κ2) is 3.46. The van der Waals surface area contributed by atoms with Crippen LogP contribution in [0.1, 0.15) is 30.9 Å². The van der Waals surface area contributed by atoms with Crippen molar-refractivity contribution in [3.8, 4) is 0 Å². The van der Waals surface area contributed by atoms with E-state index in [9.17, 15) is 0 Å². The van der Waals surface area contributed by atoms with Crippen LogP contribution in [0.15, 0.2) is 23.6 Å². The van der Waals surface area contributed by atoms with Gasteiger partial charge in [0.1, 0.15) is 0 Å². The van der Waals surface area contributed by atoms with E-state index >= 15 is 0 Å². The molecule has 0 radical (unpaired) electrons. The zero-order valence-corrected chi connectivity index (χ0v) is 8.69. The maximum absolute atomic E-state index is 3.29. The molecule has 1 aromatic rings. The molecule has 0 amide bonds. The molecule has 1 aliphatic heterocycles. The summed E-state index contributed by atoms with van der Waals surface area (Å²) in [6.45, 7) is 4.45. The van der Waals surface area contributed by atoms with E-state index in [2.05, 4.69) is 48.3 Å². The molecule has 0 aliphatic carbocycles. The summed E-state index contributed by atoms with van der Waals surface area (Å²) >= 11 is 1.63. The van der Waals surface area contributed by atoms with Crippen molar-refractivity contribution >= 4 is 23.7 Å². The first-order chi connectivity index (χ1) is 6.29. The van der Waals surface area contributed by atoms with Gasteiger partial charge in [-0.05, 0) is 41.0 Å². The van der Waals surface area contributed by atoms with E-state index in [4.69, 9.17) is 0 Å². The van der Waals surface area contributed by atoms with E-state index < -0.39 is 0 Å². The third-order valence-corrected chi connectivity index (χ3v) is 2.84. The lowest BCUT2D eigenvalue weighted by molar-refractivity contribution is 0.864. The molecule has 68 valence electrons. The third-order valence-electron chi connectivity index (χ3n) is 2.23. The first kappa shape index (κ1) is 8.70. The first-order valence-electron chi connectivity index (χ1n) is 4.50. The summed E-state index contributed by atoms with van der Waals surface area (Å²) in [5, 5.41) is 2.09. The number of hydrogen-bond donors (Lipinski definition) is 1. The maximum atomic E-state index is 3.29. The minimum atomic E-state index is 0.588. The molecule has 1 N–H and O–H groups in total. The van der Waals surface area contributed by atoms with Gasteiger partial charge in [-0.1, -0.05) is 26.0 Å². The Bertz CT molecular complexity index is 342. The van der Waals surface area contributed by atoms with Crippen LogP contribution in [0.5, 0.6) is 0 Å². The van der Waals surface area contributed by atoms with Crippen molar-refractivity contribution in [3.63, 3.8) is 0 Å². The van der Waals surface area contributed by atoms with Gasteiger partial charge in [-0.15, -0.1) is 0 Å². The molecule has 0 fully saturated rings. The van der Waals surface area contributed by atoms with Crippen molar-refractivity contribution in [1.29, 1.82) is 0 Å². The Labute approximate surface area is 83.4 Å². The third kappa shape index (κ3) is 1.59. The summed E-state index contributed by atoms with van der Waals surface area (Å²) in [5.74, 6) is 0.588. The molecule has 0 saturated heterocycles. The minimum absolute atomic E-state index is 0.588. The number of anilines is 1. The van der Waals surface area contributed by atoms with Gasteiger partial charge in [0, 0.05) is 5.56 Å². The molecule has 1 nitrogen and oxygen atoms in total. The van der Waals surface area contributed by atoms with Crippen LogP contribution in [-0.4, -0.2) is 0 Å². The van der Waals surface area contributed by atoms with Crippen molar-refractivity contribution in [2.45, 2.75) is 19.8 Å². The molecule has 2 heteroatoms. The molecular formula is C11H13NS. The molecule has 0 atom stereocenters. The summed E-state index contributed by atoms with van der Waals surface area (Å²) in [6, 6.07) is 6.43. The van der Waals surface area contributed by atoms with Crippen molar-refractivity contribution in [2.24, 2.45) is 0 Å². The Morgan fingerprint density at radius 1 is 1.31 bits per heavy atom. The zero-order valence-electron chi connectivity index (χ0n) is 7.87. The first-order valence-corrected chi connectivity index (χ1v) is 5.38. The largest absolute Gasteiger partial charge is 0.326 e. The molecule has 1 aromatic carbocycles. The van der Waals surface area contributed by atoms with Crippen molar-refractivity contribution in [2.75, 3.05) is 4.72 Å². The summed E-state index contributed by atoms with van der Waals surface area (Å²) in [5.41, 5.74) is 4.00. The molecule has 0 saturated carbocycles. The SMILES string of the molecule is CC(C)c1cccc2c1C=CSN2. The number of rotatable bonds is 1. The highest BCUT2D eigenvalue weighted by Gasteiger charge is 2.10. The van der Waals surface area contributed by atoms with E-state index in [0.29, 0.717) is 5.92 Å². The molecule has 13 heavy (non-hydrogen) atoms. The van der Waals surface area contributed by atoms with Gasteiger partial charge in [-0.3, -0.25) is 0 Å². The van der Waals surface area contributed by atoms with Gasteiger partial charge in [0.15, 0.2) is 0 Å². The lowest BCUT2D eigenvalue weighted by atomic mass is 9.96. The standard InChI is InChI=1S/C11H13NS/c1-8(2)9-4-3-5-11-10(9)6-7-13-12-11/h3-8,12H,1-2H3. The average molecular weight is 191 g/mol. The normalized spacial score (nSPS) is 14.1. The predicted molar refractivity (Wildman–Crippen MR) is 60.8 cm³/mol. The highest BCUT2D eigenvalue weighted by atomic mass is 32.2. The quantitative estimate of drug-likeness (QED) is 0.676. The van der Waals surface area contributed by atoms with Crippen LogP contribution >= 0.6 is 11.9 Å². The lowest BCUT2D eigenvalue weighted by Crippen LogP contribution is -1.98. The Balaban J connectivity index is 2.54. The van der Waals surface area contributed by atoms with Crippen LogP contribution in [0.25, 0.3) is 6.08 Å². The van der Waals surface area contributed by atoms with Crippen molar-refractivity contribution in [1.82, 2.24) is 0 Å². The monoisotopic (exact) mass is 191 g/mol. The summed E-state index contributed by atoms with van der Waals surface area (Å²) in [7, 11) is 0. The van der Waals surface area contributed by atoms with E-state index in [1.54, 1.807) is 11.9 Å². The fraction of sp³-hybridized carbons (Fsp3) is 0.273. The van der Waals surface area contributed by atoms with Gasteiger partial charge in [0.25, 0.3) is 0 Å². The number of benzene rings is 1. The van der Waals surface area contributed by atoms with Crippen molar-refractivity contribution < 1.29 is 0 Å². The fourth-order valence-electron chi connectivity index (χ4n) is 1.56. The maximum Gasteiger partial charge on any atom is 0.0518 e. The van der Waals surface area contributed by atoms with Gasteiger partial charge in [-0.25, -0.2) is 0 Å². The predicted octanol–water partition coefficient (Wildman–Crippen LogP) is 3.85. The molecule has 0 aromatic heterocycles. The summed E-state index contributed by atoms with van der Waals surface area (Å²) in [6.07, 6.45) is 2.19. The molecule has 1 heterocycles. The van der Waals surface area contributed by atoms with Crippen molar-refractivity contribution in [3.05, 3.63) is 34.7 Å². The Morgan fingerprint density at radius 3 is 2.92 bits per heavy atom. The Morgan fingerprint density at radius 2 is 2.15 bits per heavy atom. The van der Waals surface area contributed by atoms with Crippen LogP contribution in [0.4, 0.5) is 5.69 Å². The fourth-order valence-corrected chi connectivity index (χ4v) is 2.14. The van der Waals surface area contributed by atoms with Gasteiger partial charge in [0.05, 0.1) is 5.69 Å². The van der Waals surface area contributed by atoms with Gasteiger partial charge in [-0.2, -0.15) is 0 Å². The Hall–Kier alpha value is -0.890. The zero-order chi connectivity index (χ0) is 9.26. The van der Waals surface area contributed by atoms with Crippen LogP contribution in [0.3, 0.4) is 0 Å². The average Bonchev–Trinajstić information content (AvgIpc) is 2.17. The second-order valence-electron chi connectivity index (χ2n) is 3.49. The lowest BCUT2D eigenvalue weighted by Gasteiger charge is -2.17. The molecule has 1 aliphatic rings. The Kier molecular flexibility index (Phi) is 2.32. The van der Waals surface area contributed by atoms with Crippen LogP contribution in [0.2, 0.25) is 0 Å². The van der Waals surface area contributed by atoms with E-state index in [1.165, 1.54) is 16.8 Å². The topological polar surface area (TPSA) is 12.0 Å². The van der Waals surface area contributed by atoms with Gasteiger partial charge < -0.3 is 4.72 Å². The highest BCUT2D eigenvalue weighted by Crippen LogP contribution is 2.32. The second-order valence-corrected chi connectivity index (χ2v) is 4.20. The minimum Gasteiger partial charge on any atom is -0.326 e. The number of hydrogen-bond acceptors (Lipinski definition) is 2. The molecule has 0 unspecified atom stereocenters. The highest BCUT2D eigenvalue weighted by molar-refractivity contribution is 8.03. The molecule has 0 bridgehead atoms. The van der Waals surface area contributed by atoms with Gasteiger partial charge in [0.2, 0.25) is 0 Å². The van der Waals surface area contributed by atoms with E-state index in [0.717, 1.165) is 0 Å². The summed E-state index contributed by atoms with van der Waals surface area (Å²) in [4.78, 5) is 0. The van der Waals surface area contributed by atoms with Gasteiger partial charge >= 0.3 is 0 Å². The van der Waals surface area contributed by atoms with E-state index in [-0.39, 0.29) is 0 Å². The smallest absolute Gasteiger partial charge is 0.0518 e. The number of fused-ring (bicyclic) bond motifs is 1. The van der Waals surface area contributed by atoms with Crippen LogP contribution in [0, 0.1) is 0 Å². The molecular weight excluding hydrogens is 178 g/mol.